The normalized spacial score (nSPS) is 18.4. The Morgan fingerprint density at radius 1 is 1.00 bits per heavy atom. The number of amides is 3. The summed E-state index contributed by atoms with van der Waals surface area (Å²) < 4.78 is 5.31. The Morgan fingerprint density at radius 3 is 2.45 bits per heavy atom. The third-order valence-electron chi connectivity index (χ3n) is 5.30. The van der Waals surface area contributed by atoms with Crippen LogP contribution in [-0.4, -0.2) is 27.0 Å². The molecule has 0 radical (unpaired) electrons. The molecule has 2 aromatic carbocycles. The van der Waals surface area contributed by atoms with Crippen LogP contribution in [0.25, 0.3) is 11.4 Å². The maximum absolute atomic E-state index is 13.6. The zero-order valence-electron chi connectivity index (χ0n) is 16.4. The van der Waals surface area contributed by atoms with Crippen LogP contribution in [0.2, 0.25) is 0 Å². The second kappa shape index (κ2) is 7.81. The van der Waals surface area contributed by atoms with Gasteiger partial charge in [-0.05, 0) is 22.6 Å². The van der Waals surface area contributed by atoms with Gasteiger partial charge in [0.15, 0.2) is 5.54 Å². The number of rotatable bonds is 6. The SMILES string of the molecule is O=C1N[C@@](Cc2ccccc2)(c2ccccc2)C(=O)N1Cc1nc(-c2ccsc2)no1. The lowest BCUT2D eigenvalue weighted by Crippen LogP contribution is -2.46. The van der Waals surface area contributed by atoms with E-state index >= 15 is 0 Å². The van der Waals surface area contributed by atoms with Crippen molar-refractivity contribution < 1.29 is 14.1 Å². The van der Waals surface area contributed by atoms with Crippen LogP contribution in [0.5, 0.6) is 0 Å². The van der Waals surface area contributed by atoms with E-state index in [0.29, 0.717) is 12.2 Å². The molecule has 1 fully saturated rings. The molecule has 2 aromatic heterocycles. The molecule has 0 aliphatic carbocycles. The first-order valence-corrected chi connectivity index (χ1v) is 10.7. The minimum atomic E-state index is -1.20. The standard InChI is InChI=1S/C23H18N4O3S/c28-21-23(18-9-5-2-6-10-18,13-16-7-3-1-4-8-16)25-22(29)27(21)14-19-24-20(26-30-19)17-11-12-31-15-17/h1-12,15H,13-14H2,(H,25,29)/t23-/m0/s1. The minimum Gasteiger partial charge on any atom is -0.337 e. The molecule has 1 N–H and O–H groups in total. The number of carbonyl (C=O) groups is 2. The Labute approximate surface area is 182 Å². The maximum Gasteiger partial charge on any atom is 0.325 e. The lowest BCUT2D eigenvalue weighted by atomic mass is 9.83. The third-order valence-corrected chi connectivity index (χ3v) is 5.98. The summed E-state index contributed by atoms with van der Waals surface area (Å²) in [7, 11) is 0. The van der Waals surface area contributed by atoms with Crippen molar-refractivity contribution in [3.8, 4) is 11.4 Å². The third kappa shape index (κ3) is 3.51. The fourth-order valence-corrected chi connectivity index (χ4v) is 4.41. The summed E-state index contributed by atoms with van der Waals surface area (Å²) in [5.74, 6) is 0.290. The second-order valence-electron chi connectivity index (χ2n) is 7.28. The van der Waals surface area contributed by atoms with Gasteiger partial charge < -0.3 is 9.84 Å². The van der Waals surface area contributed by atoms with Crippen LogP contribution in [0.4, 0.5) is 4.79 Å². The van der Waals surface area contributed by atoms with E-state index in [1.54, 1.807) is 0 Å². The van der Waals surface area contributed by atoms with Crippen molar-refractivity contribution in [1.29, 1.82) is 0 Å². The Balaban J connectivity index is 1.47. The van der Waals surface area contributed by atoms with Gasteiger partial charge in [-0.3, -0.25) is 9.69 Å². The zero-order chi connectivity index (χ0) is 21.3. The predicted octanol–water partition coefficient (Wildman–Crippen LogP) is 3.99. The topological polar surface area (TPSA) is 88.3 Å². The summed E-state index contributed by atoms with van der Waals surface area (Å²) in [5, 5.41) is 10.7. The van der Waals surface area contributed by atoms with E-state index in [9.17, 15) is 9.59 Å². The molecule has 3 amide bonds. The Bertz CT molecular complexity index is 1210. The van der Waals surface area contributed by atoms with Gasteiger partial charge in [0.05, 0.1) is 0 Å². The van der Waals surface area contributed by atoms with Gasteiger partial charge in [0.2, 0.25) is 11.7 Å². The predicted molar refractivity (Wildman–Crippen MR) is 115 cm³/mol. The summed E-state index contributed by atoms with van der Waals surface area (Å²) in [6.07, 6.45) is 0.336. The maximum atomic E-state index is 13.6. The van der Waals surface area contributed by atoms with Crippen molar-refractivity contribution >= 4 is 23.3 Å². The molecule has 1 aliphatic rings. The Hall–Kier alpha value is -3.78. The van der Waals surface area contributed by atoms with Crippen molar-refractivity contribution in [2.75, 3.05) is 0 Å². The number of benzene rings is 2. The van der Waals surface area contributed by atoms with Crippen LogP contribution in [-0.2, 0) is 23.3 Å². The highest BCUT2D eigenvalue weighted by molar-refractivity contribution is 7.08. The van der Waals surface area contributed by atoms with Gasteiger partial charge in [-0.15, -0.1) is 0 Å². The minimum absolute atomic E-state index is 0.0921. The zero-order valence-corrected chi connectivity index (χ0v) is 17.2. The van der Waals surface area contributed by atoms with Crippen molar-refractivity contribution in [3.05, 3.63) is 94.5 Å². The Kier molecular flexibility index (Phi) is 4.83. The molecular weight excluding hydrogens is 412 g/mol. The van der Waals surface area contributed by atoms with E-state index in [1.165, 1.54) is 11.3 Å². The van der Waals surface area contributed by atoms with Crippen molar-refractivity contribution in [1.82, 2.24) is 20.4 Å². The van der Waals surface area contributed by atoms with Crippen LogP contribution in [0.3, 0.4) is 0 Å². The first-order valence-electron chi connectivity index (χ1n) is 9.74. The van der Waals surface area contributed by atoms with E-state index < -0.39 is 11.6 Å². The molecule has 0 saturated carbocycles. The van der Waals surface area contributed by atoms with Crippen LogP contribution in [0.1, 0.15) is 17.0 Å². The van der Waals surface area contributed by atoms with Crippen LogP contribution in [0.15, 0.2) is 82.0 Å². The van der Waals surface area contributed by atoms with Crippen LogP contribution in [0, 0.1) is 0 Å². The van der Waals surface area contributed by atoms with Gasteiger partial charge in [0.25, 0.3) is 5.91 Å². The lowest BCUT2D eigenvalue weighted by Gasteiger charge is -2.27. The molecule has 0 bridgehead atoms. The summed E-state index contributed by atoms with van der Waals surface area (Å²) in [5.41, 5.74) is 1.30. The van der Waals surface area contributed by atoms with Gasteiger partial charge in [0.1, 0.15) is 6.54 Å². The van der Waals surface area contributed by atoms with Crippen molar-refractivity contribution in [2.45, 2.75) is 18.5 Å². The summed E-state index contributed by atoms with van der Waals surface area (Å²) in [6.45, 7) is -0.0921. The van der Waals surface area contributed by atoms with Gasteiger partial charge in [-0.2, -0.15) is 16.3 Å². The average Bonchev–Trinajstić information content (AvgIpc) is 3.53. The highest BCUT2D eigenvalue weighted by Crippen LogP contribution is 2.33. The number of carbonyl (C=O) groups excluding carboxylic acids is 2. The van der Waals surface area contributed by atoms with E-state index in [1.807, 2.05) is 77.5 Å². The van der Waals surface area contributed by atoms with Crippen molar-refractivity contribution in [2.24, 2.45) is 0 Å². The molecule has 3 heterocycles. The first kappa shape index (κ1) is 19.2. The van der Waals surface area contributed by atoms with Crippen LogP contribution < -0.4 is 5.32 Å². The molecule has 1 saturated heterocycles. The number of nitrogens with zero attached hydrogens (tertiary/aromatic N) is 3. The fraction of sp³-hybridized carbons (Fsp3) is 0.130. The van der Waals surface area contributed by atoms with Gasteiger partial charge in [-0.25, -0.2) is 4.79 Å². The largest absolute Gasteiger partial charge is 0.337 e. The highest BCUT2D eigenvalue weighted by Gasteiger charge is 2.52. The van der Waals surface area contributed by atoms with Gasteiger partial charge >= 0.3 is 6.03 Å². The fourth-order valence-electron chi connectivity index (χ4n) is 3.78. The smallest absolute Gasteiger partial charge is 0.325 e. The van der Waals surface area contributed by atoms with Crippen LogP contribution >= 0.6 is 11.3 Å². The molecule has 5 rings (SSSR count). The molecule has 154 valence electrons. The molecule has 1 atom stereocenters. The molecule has 4 aromatic rings. The number of hydrogen-bond donors (Lipinski definition) is 1. The number of imide groups is 1. The van der Waals surface area contributed by atoms with E-state index in [2.05, 4.69) is 15.5 Å². The first-order chi connectivity index (χ1) is 15.2. The second-order valence-corrected chi connectivity index (χ2v) is 8.06. The van der Waals surface area contributed by atoms with E-state index in [0.717, 1.165) is 21.6 Å². The Morgan fingerprint density at radius 2 is 1.74 bits per heavy atom. The number of hydrogen-bond acceptors (Lipinski definition) is 6. The quantitative estimate of drug-likeness (QED) is 0.467. The molecule has 7 nitrogen and oxygen atoms in total. The van der Waals surface area contributed by atoms with Gasteiger partial charge in [0, 0.05) is 17.4 Å². The molecule has 0 unspecified atom stereocenters. The molecule has 31 heavy (non-hydrogen) atoms. The lowest BCUT2D eigenvalue weighted by molar-refractivity contribution is -0.132. The molecule has 1 aliphatic heterocycles. The highest BCUT2D eigenvalue weighted by atomic mass is 32.1. The summed E-state index contributed by atoms with van der Waals surface area (Å²) >= 11 is 1.53. The summed E-state index contributed by atoms with van der Waals surface area (Å²) in [6, 6.07) is 20.3. The molecule has 8 heteroatoms. The number of nitrogens with one attached hydrogen (secondary N) is 1. The monoisotopic (exact) mass is 430 g/mol. The average molecular weight is 430 g/mol. The number of thiophene rings is 1. The molecule has 0 spiro atoms. The molecular formula is C23H18N4O3S. The van der Waals surface area contributed by atoms with Crippen molar-refractivity contribution in [3.63, 3.8) is 0 Å². The van der Waals surface area contributed by atoms with Gasteiger partial charge in [-0.1, -0.05) is 65.8 Å². The summed E-state index contributed by atoms with van der Waals surface area (Å²) in [4.78, 5) is 32.0. The van der Waals surface area contributed by atoms with E-state index in [4.69, 9.17) is 4.52 Å². The van der Waals surface area contributed by atoms with E-state index in [-0.39, 0.29) is 18.3 Å². The number of aromatic nitrogens is 2. The number of urea groups is 1.